The van der Waals surface area contributed by atoms with E-state index in [2.05, 4.69) is 0 Å². The molecule has 0 bridgehead atoms. The van der Waals surface area contributed by atoms with Crippen LogP contribution in [0.5, 0.6) is 0 Å². The third-order valence-corrected chi connectivity index (χ3v) is 5.76. The lowest BCUT2D eigenvalue weighted by Crippen LogP contribution is -2.51. The number of rotatable bonds is 4. The van der Waals surface area contributed by atoms with Crippen LogP contribution in [-0.2, 0) is 15.8 Å². The van der Waals surface area contributed by atoms with Gasteiger partial charge in [-0.25, -0.2) is 8.42 Å². The Bertz CT molecular complexity index is 617. The van der Waals surface area contributed by atoms with Crippen molar-refractivity contribution < 1.29 is 8.42 Å². The number of hydrogen-bond donors (Lipinski definition) is 1. The van der Waals surface area contributed by atoms with Gasteiger partial charge in [0.15, 0.2) is 0 Å². The molecule has 2 N–H and O–H groups in total. The maximum atomic E-state index is 12.6. The fourth-order valence-electron chi connectivity index (χ4n) is 2.77. The highest BCUT2D eigenvalue weighted by Gasteiger charge is 2.34. The van der Waals surface area contributed by atoms with E-state index in [0.29, 0.717) is 17.7 Å². The van der Waals surface area contributed by atoms with Crippen molar-refractivity contribution in [1.29, 1.82) is 5.26 Å². The molecule has 1 aromatic carbocycles. The first kappa shape index (κ1) is 16.0. The highest BCUT2D eigenvalue weighted by Crippen LogP contribution is 2.24. The minimum Gasteiger partial charge on any atom is -0.326 e. The molecule has 114 valence electrons. The van der Waals surface area contributed by atoms with Crippen molar-refractivity contribution in [1.82, 2.24) is 4.31 Å². The van der Waals surface area contributed by atoms with E-state index in [9.17, 15) is 8.42 Å². The van der Waals surface area contributed by atoms with E-state index in [1.165, 1.54) is 0 Å². The second kappa shape index (κ2) is 6.56. The van der Waals surface area contributed by atoms with Crippen molar-refractivity contribution in [2.45, 2.75) is 44.0 Å². The van der Waals surface area contributed by atoms with Crippen LogP contribution in [-0.4, -0.2) is 31.4 Å². The zero-order valence-corrected chi connectivity index (χ0v) is 13.0. The SMILES string of the molecule is CC(N)C1CCCCN1S(=O)(=O)Cc1ccc(C#N)cc1. The van der Waals surface area contributed by atoms with E-state index >= 15 is 0 Å². The number of piperidine rings is 1. The van der Waals surface area contributed by atoms with Gasteiger partial charge in [-0.2, -0.15) is 9.57 Å². The van der Waals surface area contributed by atoms with Crippen molar-refractivity contribution >= 4 is 10.0 Å². The Labute approximate surface area is 126 Å². The molecule has 0 radical (unpaired) electrons. The summed E-state index contributed by atoms with van der Waals surface area (Å²) in [5, 5.41) is 8.77. The van der Waals surface area contributed by atoms with Gasteiger partial charge in [0.05, 0.1) is 17.4 Å². The van der Waals surface area contributed by atoms with E-state index in [1.807, 2.05) is 13.0 Å². The van der Waals surface area contributed by atoms with Crippen LogP contribution in [0.1, 0.15) is 37.3 Å². The monoisotopic (exact) mass is 307 g/mol. The lowest BCUT2D eigenvalue weighted by Gasteiger charge is -2.36. The van der Waals surface area contributed by atoms with Crippen LogP contribution in [0.15, 0.2) is 24.3 Å². The van der Waals surface area contributed by atoms with Crippen molar-refractivity contribution in [3.8, 4) is 6.07 Å². The summed E-state index contributed by atoms with van der Waals surface area (Å²) in [6.07, 6.45) is 2.73. The molecule has 1 aromatic rings. The smallest absolute Gasteiger partial charge is 0.218 e. The Morgan fingerprint density at radius 3 is 2.62 bits per heavy atom. The van der Waals surface area contributed by atoms with Crippen LogP contribution < -0.4 is 5.73 Å². The molecule has 0 saturated carbocycles. The molecule has 1 aliphatic heterocycles. The molecule has 21 heavy (non-hydrogen) atoms. The molecule has 1 saturated heterocycles. The zero-order valence-electron chi connectivity index (χ0n) is 12.2. The van der Waals surface area contributed by atoms with Crippen molar-refractivity contribution in [3.63, 3.8) is 0 Å². The maximum Gasteiger partial charge on any atom is 0.218 e. The standard InChI is InChI=1S/C15H21N3O2S/c1-12(17)15-4-2-3-9-18(15)21(19,20)11-14-7-5-13(10-16)6-8-14/h5-8,12,15H,2-4,9,11,17H2,1H3. The molecular formula is C15H21N3O2S. The van der Waals surface area contributed by atoms with Gasteiger partial charge in [-0.1, -0.05) is 18.6 Å². The van der Waals surface area contributed by atoms with Crippen molar-refractivity contribution in [3.05, 3.63) is 35.4 Å². The maximum absolute atomic E-state index is 12.6. The summed E-state index contributed by atoms with van der Waals surface area (Å²) < 4.78 is 26.8. The average Bonchev–Trinajstić information content (AvgIpc) is 2.47. The Morgan fingerprint density at radius 2 is 2.05 bits per heavy atom. The Morgan fingerprint density at radius 1 is 1.38 bits per heavy atom. The molecule has 0 aliphatic carbocycles. The quantitative estimate of drug-likeness (QED) is 0.915. The molecule has 1 fully saturated rings. The van der Waals surface area contributed by atoms with E-state index in [-0.39, 0.29) is 17.8 Å². The molecule has 2 atom stereocenters. The van der Waals surface area contributed by atoms with E-state index < -0.39 is 10.0 Å². The number of benzene rings is 1. The number of nitrogens with zero attached hydrogens (tertiary/aromatic N) is 2. The fourth-order valence-corrected chi connectivity index (χ4v) is 4.67. The number of sulfonamides is 1. The molecule has 1 heterocycles. The predicted octanol–water partition coefficient (Wildman–Crippen LogP) is 1.59. The largest absolute Gasteiger partial charge is 0.326 e. The van der Waals surface area contributed by atoms with Gasteiger partial charge < -0.3 is 5.73 Å². The van der Waals surface area contributed by atoms with Crippen LogP contribution >= 0.6 is 0 Å². The normalized spacial score (nSPS) is 21.7. The summed E-state index contributed by atoms with van der Waals surface area (Å²) in [5.41, 5.74) is 7.17. The molecule has 6 heteroatoms. The van der Waals surface area contributed by atoms with Gasteiger partial charge in [-0.3, -0.25) is 0 Å². The first-order valence-corrected chi connectivity index (χ1v) is 8.79. The first-order chi connectivity index (χ1) is 9.94. The Balaban J connectivity index is 2.18. The number of nitrogens with two attached hydrogens (primary N) is 1. The third-order valence-electron chi connectivity index (χ3n) is 3.89. The van der Waals surface area contributed by atoms with Gasteiger partial charge in [0.25, 0.3) is 0 Å². The molecular weight excluding hydrogens is 286 g/mol. The van der Waals surface area contributed by atoms with Gasteiger partial charge in [-0.15, -0.1) is 0 Å². The summed E-state index contributed by atoms with van der Waals surface area (Å²) in [6.45, 7) is 2.41. The number of hydrogen-bond acceptors (Lipinski definition) is 4. The highest BCUT2D eigenvalue weighted by molar-refractivity contribution is 7.88. The fraction of sp³-hybridized carbons (Fsp3) is 0.533. The lowest BCUT2D eigenvalue weighted by molar-refractivity contribution is 0.227. The van der Waals surface area contributed by atoms with Gasteiger partial charge in [0.2, 0.25) is 10.0 Å². The van der Waals surface area contributed by atoms with Crippen LogP contribution in [0.2, 0.25) is 0 Å². The van der Waals surface area contributed by atoms with Crippen LogP contribution in [0.25, 0.3) is 0 Å². The second-order valence-corrected chi connectivity index (χ2v) is 7.52. The van der Waals surface area contributed by atoms with Crippen LogP contribution in [0.4, 0.5) is 0 Å². The van der Waals surface area contributed by atoms with E-state index in [1.54, 1.807) is 28.6 Å². The Hall–Kier alpha value is -1.42. The predicted molar refractivity (Wildman–Crippen MR) is 81.8 cm³/mol. The Kier molecular flexibility index (Phi) is 4.99. The molecule has 5 nitrogen and oxygen atoms in total. The minimum atomic E-state index is -3.38. The summed E-state index contributed by atoms with van der Waals surface area (Å²) >= 11 is 0. The summed E-state index contributed by atoms with van der Waals surface area (Å²) in [7, 11) is -3.38. The average molecular weight is 307 g/mol. The first-order valence-electron chi connectivity index (χ1n) is 7.18. The van der Waals surface area contributed by atoms with Gasteiger partial charge >= 0.3 is 0 Å². The second-order valence-electron chi connectivity index (χ2n) is 5.60. The summed E-state index contributed by atoms with van der Waals surface area (Å²) in [4.78, 5) is 0. The van der Waals surface area contributed by atoms with Crippen molar-refractivity contribution in [2.75, 3.05) is 6.54 Å². The van der Waals surface area contributed by atoms with E-state index in [4.69, 9.17) is 11.0 Å². The molecule has 0 aromatic heterocycles. The minimum absolute atomic E-state index is 0.0398. The molecule has 2 unspecified atom stereocenters. The summed E-state index contributed by atoms with van der Waals surface area (Å²) in [5.74, 6) is -0.0398. The molecule has 1 aliphatic rings. The zero-order chi connectivity index (χ0) is 15.5. The van der Waals surface area contributed by atoms with Gasteiger partial charge in [0.1, 0.15) is 0 Å². The lowest BCUT2D eigenvalue weighted by atomic mass is 10.00. The molecule has 0 spiro atoms. The van der Waals surface area contributed by atoms with Crippen LogP contribution in [0, 0.1) is 11.3 Å². The van der Waals surface area contributed by atoms with Crippen LogP contribution in [0.3, 0.4) is 0 Å². The molecule has 0 amide bonds. The number of nitriles is 1. The van der Waals surface area contributed by atoms with Crippen molar-refractivity contribution in [2.24, 2.45) is 5.73 Å². The molecule has 2 rings (SSSR count). The topological polar surface area (TPSA) is 87.2 Å². The van der Waals surface area contributed by atoms with Gasteiger partial charge in [0, 0.05) is 18.6 Å². The van der Waals surface area contributed by atoms with E-state index in [0.717, 1.165) is 19.3 Å². The highest BCUT2D eigenvalue weighted by atomic mass is 32.2. The summed E-state index contributed by atoms with van der Waals surface area (Å²) in [6, 6.07) is 8.43. The third kappa shape index (κ3) is 3.82. The van der Waals surface area contributed by atoms with Gasteiger partial charge in [-0.05, 0) is 37.5 Å².